The molecule has 0 saturated heterocycles. The number of nitrogens with zero attached hydrogens (tertiary/aromatic N) is 4. The number of fused-ring (bicyclic) bond motifs is 1. The summed E-state index contributed by atoms with van der Waals surface area (Å²) in [6.45, 7) is -0.0336. The van der Waals surface area contributed by atoms with Gasteiger partial charge in [0.2, 0.25) is 0 Å². The molecule has 1 aromatic heterocycles. The van der Waals surface area contributed by atoms with Crippen LogP contribution in [0.3, 0.4) is 0 Å². The molecule has 7 nitrogen and oxygen atoms in total. The van der Waals surface area contributed by atoms with E-state index in [4.69, 9.17) is 9.47 Å². The number of rotatable bonds is 5. The quantitative estimate of drug-likeness (QED) is 0.391. The number of alkyl halides is 6. The maximum atomic E-state index is 13.9. The number of ether oxygens (including phenoxy) is 2. The summed E-state index contributed by atoms with van der Waals surface area (Å²) in [6.07, 6.45) is -12.2. The second-order valence-electron chi connectivity index (χ2n) is 8.57. The Balaban J connectivity index is 1.78. The third kappa shape index (κ3) is 5.34. The van der Waals surface area contributed by atoms with Gasteiger partial charge in [0.05, 0.1) is 24.1 Å². The minimum absolute atomic E-state index is 0.114. The van der Waals surface area contributed by atoms with E-state index in [9.17, 15) is 40.8 Å². The number of hydrogen-bond donors (Lipinski definition) is 0. The maximum Gasteiger partial charge on any atom is 0.435 e. The molecular formula is C25H19F7N4O3. The molecule has 0 bridgehead atoms. The molecule has 39 heavy (non-hydrogen) atoms. The molecule has 2 aromatic carbocycles. The molecule has 0 fully saturated rings. The van der Waals surface area contributed by atoms with E-state index in [1.54, 1.807) is 6.07 Å². The third-order valence-electron chi connectivity index (χ3n) is 6.11. The van der Waals surface area contributed by atoms with E-state index in [0.29, 0.717) is 6.92 Å². The second-order valence-corrected chi connectivity index (χ2v) is 8.57. The summed E-state index contributed by atoms with van der Waals surface area (Å²) in [5.74, 6) is -2.52. The lowest BCUT2D eigenvalue weighted by Gasteiger charge is -2.30. The molecule has 0 aliphatic carbocycles. The fraction of sp³-hybridized carbons (Fsp3) is 0.320. The van der Waals surface area contributed by atoms with Crippen molar-refractivity contribution in [3.63, 3.8) is 0 Å². The number of carbonyl (C=O) groups is 1. The summed E-state index contributed by atoms with van der Waals surface area (Å²) in [4.78, 5) is 14.6. The van der Waals surface area contributed by atoms with Crippen molar-refractivity contribution in [3.05, 3.63) is 70.3 Å². The number of amides is 1. The zero-order valence-corrected chi connectivity index (χ0v) is 20.3. The van der Waals surface area contributed by atoms with Gasteiger partial charge < -0.3 is 14.4 Å². The Hall–Kier alpha value is -4.28. The van der Waals surface area contributed by atoms with Gasteiger partial charge in [0.1, 0.15) is 23.2 Å². The number of hydrogen-bond acceptors (Lipinski definition) is 5. The van der Waals surface area contributed by atoms with Crippen LogP contribution in [0, 0.1) is 17.1 Å². The Bertz CT molecular complexity index is 1440. The Morgan fingerprint density at radius 2 is 1.77 bits per heavy atom. The molecule has 206 valence electrons. The van der Waals surface area contributed by atoms with Gasteiger partial charge in [0.15, 0.2) is 17.5 Å². The number of carbonyl (C=O) groups excluding carboxylic acids is 1. The predicted molar refractivity (Wildman–Crippen MR) is 121 cm³/mol. The summed E-state index contributed by atoms with van der Waals surface area (Å²) in [6, 6.07) is 8.50. The lowest BCUT2D eigenvalue weighted by atomic mass is 10.0. The topological polar surface area (TPSA) is 80.4 Å². The normalized spacial score (nSPS) is 14.4. The van der Waals surface area contributed by atoms with Crippen LogP contribution in [0.2, 0.25) is 0 Å². The van der Waals surface area contributed by atoms with Crippen molar-refractivity contribution < 1.29 is 45.0 Å². The van der Waals surface area contributed by atoms with Gasteiger partial charge in [-0.25, -0.2) is 9.07 Å². The number of aromatic nitrogens is 2. The Labute approximate surface area is 216 Å². The molecule has 3 aromatic rings. The summed E-state index contributed by atoms with van der Waals surface area (Å²) in [5, 5.41) is 13.1. The van der Waals surface area contributed by atoms with E-state index in [2.05, 4.69) is 5.10 Å². The van der Waals surface area contributed by atoms with Crippen LogP contribution in [0.25, 0.3) is 5.69 Å². The molecule has 4 rings (SSSR count). The molecule has 1 aliphatic rings. The molecule has 1 atom stereocenters. The van der Waals surface area contributed by atoms with Crippen molar-refractivity contribution in [2.45, 2.75) is 38.3 Å². The predicted octanol–water partition coefficient (Wildman–Crippen LogP) is 5.44. The van der Waals surface area contributed by atoms with Crippen molar-refractivity contribution in [1.29, 1.82) is 5.26 Å². The van der Waals surface area contributed by atoms with Gasteiger partial charge in [-0.3, -0.25) is 4.79 Å². The Kier molecular flexibility index (Phi) is 7.20. The highest BCUT2D eigenvalue weighted by Gasteiger charge is 2.43. The smallest absolute Gasteiger partial charge is 0.435 e. The first-order valence-corrected chi connectivity index (χ1v) is 11.3. The van der Waals surface area contributed by atoms with Crippen molar-refractivity contribution in [2.75, 3.05) is 13.7 Å². The van der Waals surface area contributed by atoms with Crippen LogP contribution in [0.5, 0.6) is 11.5 Å². The summed E-state index contributed by atoms with van der Waals surface area (Å²) < 4.78 is 106. The maximum absolute atomic E-state index is 13.9. The standard InChI is InChI=1S/C25H19F7N4O3/c1-13(24(27,28)29)39-19-8-3-14(11-33)21(38-2)20(19)23(37)35-10-9-18-17(12-35)22(25(30,31)32)34-36(18)16-6-4-15(26)5-7-16/h3-8,13H,9-10,12H2,1-2H3. The van der Waals surface area contributed by atoms with E-state index in [-0.39, 0.29) is 41.2 Å². The van der Waals surface area contributed by atoms with Gasteiger partial charge in [-0.2, -0.15) is 36.7 Å². The van der Waals surface area contributed by atoms with Crippen LogP contribution >= 0.6 is 0 Å². The Morgan fingerprint density at radius 1 is 1.10 bits per heavy atom. The van der Waals surface area contributed by atoms with Gasteiger partial charge in [0, 0.05) is 25.1 Å². The molecule has 1 aliphatic heterocycles. The number of halogens is 7. The second kappa shape index (κ2) is 10.1. The van der Waals surface area contributed by atoms with E-state index in [1.807, 2.05) is 0 Å². The molecule has 0 saturated carbocycles. The average molecular weight is 556 g/mol. The minimum atomic E-state index is -4.91. The van der Waals surface area contributed by atoms with Crippen molar-refractivity contribution in [2.24, 2.45) is 0 Å². The monoisotopic (exact) mass is 556 g/mol. The highest BCUT2D eigenvalue weighted by molar-refractivity contribution is 6.00. The molecular weight excluding hydrogens is 537 g/mol. The van der Waals surface area contributed by atoms with E-state index in [0.717, 1.165) is 41.0 Å². The number of benzene rings is 2. The molecule has 1 amide bonds. The molecule has 0 N–H and O–H groups in total. The first-order valence-electron chi connectivity index (χ1n) is 11.3. The fourth-order valence-electron chi connectivity index (χ4n) is 4.20. The fourth-order valence-corrected chi connectivity index (χ4v) is 4.20. The van der Waals surface area contributed by atoms with Gasteiger partial charge >= 0.3 is 12.4 Å². The van der Waals surface area contributed by atoms with Crippen LogP contribution in [0.15, 0.2) is 36.4 Å². The average Bonchev–Trinajstić information content (AvgIpc) is 3.27. The van der Waals surface area contributed by atoms with Crippen molar-refractivity contribution in [3.8, 4) is 23.3 Å². The van der Waals surface area contributed by atoms with Gasteiger partial charge in [0.25, 0.3) is 5.91 Å². The van der Waals surface area contributed by atoms with Crippen molar-refractivity contribution >= 4 is 5.91 Å². The summed E-state index contributed by atoms with van der Waals surface area (Å²) in [7, 11) is 1.09. The molecule has 0 radical (unpaired) electrons. The van der Waals surface area contributed by atoms with Crippen LogP contribution in [-0.2, 0) is 19.1 Å². The minimum Gasteiger partial charge on any atom is -0.494 e. The first kappa shape index (κ1) is 27.7. The van der Waals surface area contributed by atoms with Crippen LogP contribution < -0.4 is 9.47 Å². The largest absolute Gasteiger partial charge is 0.494 e. The Morgan fingerprint density at radius 3 is 2.33 bits per heavy atom. The van der Waals surface area contributed by atoms with Crippen molar-refractivity contribution in [1.82, 2.24) is 14.7 Å². The summed E-state index contributed by atoms with van der Waals surface area (Å²) in [5.41, 5.74) is -2.01. The third-order valence-corrected chi connectivity index (χ3v) is 6.11. The molecule has 14 heteroatoms. The number of nitriles is 1. The lowest BCUT2D eigenvalue weighted by Crippen LogP contribution is -2.38. The van der Waals surface area contributed by atoms with E-state index >= 15 is 0 Å². The zero-order valence-electron chi connectivity index (χ0n) is 20.3. The van der Waals surface area contributed by atoms with Crippen LogP contribution in [-0.4, -0.2) is 46.5 Å². The summed E-state index contributed by atoms with van der Waals surface area (Å²) >= 11 is 0. The first-order chi connectivity index (χ1) is 18.3. The van der Waals surface area contributed by atoms with Gasteiger partial charge in [-0.15, -0.1) is 0 Å². The lowest BCUT2D eigenvalue weighted by molar-refractivity contribution is -0.189. The van der Waals surface area contributed by atoms with E-state index < -0.39 is 53.7 Å². The van der Waals surface area contributed by atoms with Gasteiger partial charge in [-0.05, 0) is 43.3 Å². The van der Waals surface area contributed by atoms with Crippen LogP contribution in [0.4, 0.5) is 30.7 Å². The van der Waals surface area contributed by atoms with Gasteiger partial charge in [-0.1, -0.05) is 0 Å². The van der Waals surface area contributed by atoms with E-state index in [1.165, 1.54) is 12.1 Å². The molecule has 2 heterocycles. The number of methoxy groups -OCH3 is 1. The highest BCUT2D eigenvalue weighted by atomic mass is 19.4. The van der Waals surface area contributed by atoms with Crippen LogP contribution in [0.1, 0.15) is 39.8 Å². The molecule has 0 spiro atoms. The SMILES string of the molecule is COc1c(C#N)ccc(OC(C)C(F)(F)F)c1C(=O)N1CCc2c(c(C(F)(F)F)nn2-c2ccc(F)cc2)C1. The highest BCUT2D eigenvalue weighted by Crippen LogP contribution is 2.39. The molecule has 1 unspecified atom stereocenters. The zero-order chi connectivity index (χ0) is 28.7.